The number of carbonyl (C=O) groups excluding carboxylic acids is 1. The highest BCUT2D eigenvalue weighted by Crippen LogP contribution is 2.11. The standard InChI is InChI=1S/C14H21NO4/c1-11-5-4-6-12(7-11)19-8-13(16)15-9-14(2,17)10-18-3/h4-7,17H,8-10H2,1-3H3,(H,15,16). The summed E-state index contributed by atoms with van der Waals surface area (Å²) in [5.41, 5.74) is -0.00534. The Labute approximate surface area is 113 Å². The van der Waals surface area contributed by atoms with E-state index in [0.29, 0.717) is 5.75 Å². The Morgan fingerprint density at radius 2 is 2.21 bits per heavy atom. The van der Waals surface area contributed by atoms with Crippen LogP contribution in [0.3, 0.4) is 0 Å². The fourth-order valence-electron chi connectivity index (χ4n) is 1.56. The first kappa shape index (κ1) is 15.5. The molecule has 1 aromatic carbocycles. The van der Waals surface area contributed by atoms with Gasteiger partial charge in [0.05, 0.1) is 6.61 Å². The molecule has 0 radical (unpaired) electrons. The highest BCUT2D eigenvalue weighted by Gasteiger charge is 2.20. The molecule has 19 heavy (non-hydrogen) atoms. The zero-order valence-electron chi connectivity index (χ0n) is 11.6. The van der Waals surface area contributed by atoms with Gasteiger partial charge in [0.2, 0.25) is 0 Å². The first-order chi connectivity index (χ1) is 8.93. The predicted octanol–water partition coefficient (Wildman–Crippen LogP) is 0.887. The molecule has 0 fully saturated rings. The van der Waals surface area contributed by atoms with Crippen molar-refractivity contribution in [1.82, 2.24) is 5.32 Å². The Morgan fingerprint density at radius 3 is 2.84 bits per heavy atom. The summed E-state index contributed by atoms with van der Waals surface area (Å²) in [4.78, 5) is 11.6. The molecule has 0 heterocycles. The molecule has 0 aliphatic rings. The Kier molecular flexibility index (Phi) is 5.79. The first-order valence-electron chi connectivity index (χ1n) is 6.10. The van der Waals surface area contributed by atoms with Gasteiger partial charge in [-0.15, -0.1) is 0 Å². The molecule has 0 aromatic heterocycles. The second-order valence-corrected chi connectivity index (χ2v) is 4.81. The van der Waals surface area contributed by atoms with Gasteiger partial charge in [-0.1, -0.05) is 12.1 Å². The van der Waals surface area contributed by atoms with Crippen molar-refractivity contribution in [3.05, 3.63) is 29.8 Å². The molecule has 2 N–H and O–H groups in total. The van der Waals surface area contributed by atoms with Gasteiger partial charge >= 0.3 is 0 Å². The normalized spacial score (nSPS) is 13.7. The molecule has 5 nitrogen and oxygen atoms in total. The van der Waals surface area contributed by atoms with Crippen molar-refractivity contribution in [2.75, 3.05) is 26.9 Å². The van der Waals surface area contributed by atoms with Gasteiger partial charge in [0.1, 0.15) is 11.4 Å². The number of aryl methyl sites for hydroxylation is 1. The van der Waals surface area contributed by atoms with E-state index in [0.717, 1.165) is 5.56 Å². The topological polar surface area (TPSA) is 67.8 Å². The molecule has 0 spiro atoms. The summed E-state index contributed by atoms with van der Waals surface area (Å²) >= 11 is 0. The van der Waals surface area contributed by atoms with Crippen LogP contribution in [0.4, 0.5) is 0 Å². The molecule has 106 valence electrons. The van der Waals surface area contributed by atoms with Crippen molar-refractivity contribution >= 4 is 5.91 Å². The molecule has 0 bridgehead atoms. The SMILES string of the molecule is COCC(C)(O)CNC(=O)COc1cccc(C)c1. The monoisotopic (exact) mass is 267 g/mol. The van der Waals surface area contributed by atoms with Crippen molar-refractivity contribution in [2.45, 2.75) is 19.4 Å². The second kappa shape index (κ2) is 7.11. The molecule has 0 saturated carbocycles. The maximum atomic E-state index is 11.6. The maximum absolute atomic E-state index is 11.6. The van der Waals surface area contributed by atoms with Crippen LogP contribution >= 0.6 is 0 Å². The van der Waals surface area contributed by atoms with E-state index in [4.69, 9.17) is 9.47 Å². The predicted molar refractivity (Wildman–Crippen MR) is 72.2 cm³/mol. The Hall–Kier alpha value is -1.59. The van der Waals surface area contributed by atoms with Gasteiger partial charge in [-0.3, -0.25) is 4.79 Å². The molecule has 1 unspecified atom stereocenters. The number of aliphatic hydroxyl groups is 1. The number of benzene rings is 1. The third-order valence-corrected chi connectivity index (χ3v) is 2.48. The van der Waals surface area contributed by atoms with Crippen LogP contribution in [-0.2, 0) is 9.53 Å². The zero-order valence-corrected chi connectivity index (χ0v) is 11.6. The van der Waals surface area contributed by atoms with Gasteiger partial charge < -0.3 is 19.9 Å². The highest BCUT2D eigenvalue weighted by atomic mass is 16.5. The number of amides is 1. The summed E-state index contributed by atoms with van der Waals surface area (Å²) in [6.07, 6.45) is 0. The van der Waals surface area contributed by atoms with Crippen LogP contribution in [0.2, 0.25) is 0 Å². The lowest BCUT2D eigenvalue weighted by Crippen LogP contribution is -2.45. The fraction of sp³-hybridized carbons (Fsp3) is 0.500. The van der Waals surface area contributed by atoms with Gasteiger partial charge in [0.25, 0.3) is 5.91 Å². The lowest BCUT2D eigenvalue weighted by atomic mass is 10.1. The van der Waals surface area contributed by atoms with E-state index in [2.05, 4.69) is 5.32 Å². The fourth-order valence-corrected chi connectivity index (χ4v) is 1.56. The Bertz CT molecular complexity index is 418. The first-order valence-corrected chi connectivity index (χ1v) is 6.10. The molecule has 0 saturated heterocycles. The molecule has 0 aliphatic heterocycles. The van der Waals surface area contributed by atoms with Crippen molar-refractivity contribution in [3.63, 3.8) is 0 Å². The minimum absolute atomic E-state index is 0.0769. The minimum atomic E-state index is -1.08. The largest absolute Gasteiger partial charge is 0.484 e. The van der Waals surface area contributed by atoms with Crippen LogP contribution in [0.15, 0.2) is 24.3 Å². The van der Waals surface area contributed by atoms with Crippen molar-refractivity contribution < 1.29 is 19.4 Å². The molecule has 1 atom stereocenters. The number of hydrogen-bond acceptors (Lipinski definition) is 4. The van der Waals surface area contributed by atoms with Crippen LogP contribution in [0.5, 0.6) is 5.75 Å². The summed E-state index contributed by atoms with van der Waals surface area (Å²) in [5.74, 6) is 0.372. The average Bonchev–Trinajstić information content (AvgIpc) is 2.34. The molecular weight excluding hydrogens is 246 g/mol. The summed E-state index contributed by atoms with van der Waals surface area (Å²) < 4.78 is 10.2. The lowest BCUT2D eigenvalue weighted by Gasteiger charge is -2.22. The number of nitrogens with one attached hydrogen (secondary N) is 1. The summed E-state index contributed by atoms with van der Waals surface area (Å²) in [6.45, 7) is 3.75. The van der Waals surface area contributed by atoms with Gasteiger partial charge in [0, 0.05) is 13.7 Å². The van der Waals surface area contributed by atoms with Crippen LogP contribution in [0, 0.1) is 6.92 Å². The molecular formula is C14H21NO4. The highest BCUT2D eigenvalue weighted by molar-refractivity contribution is 5.77. The molecule has 1 amide bonds. The summed E-state index contributed by atoms with van der Waals surface area (Å²) in [6, 6.07) is 7.47. The van der Waals surface area contributed by atoms with Crippen molar-refractivity contribution in [2.24, 2.45) is 0 Å². The molecule has 1 aromatic rings. The van der Waals surface area contributed by atoms with E-state index in [1.807, 2.05) is 25.1 Å². The number of ether oxygens (including phenoxy) is 2. The van der Waals surface area contributed by atoms with E-state index in [1.54, 1.807) is 13.0 Å². The van der Waals surface area contributed by atoms with Gasteiger partial charge in [-0.2, -0.15) is 0 Å². The number of methoxy groups -OCH3 is 1. The third kappa shape index (κ3) is 6.22. The molecule has 5 heteroatoms. The molecule has 1 rings (SSSR count). The van der Waals surface area contributed by atoms with Crippen molar-refractivity contribution in [1.29, 1.82) is 0 Å². The minimum Gasteiger partial charge on any atom is -0.484 e. The van der Waals surface area contributed by atoms with E-state index in [9.17, 15) is 9.90 Å². The quantitative estimate of drug-likeness (QED) is 0.770. The van der Waals surface area contributed by atoms with Gasteiger partial charge in [-0.25, -0.2) is 0 Å². The van der Waals surface area contributed by atoms with Gasteiger partial charge in [0.15, 0.2) is 6.61 Å². The van der Waals surface area contributed by atoms with E-state index >= 15 is 0 Å². The Morgan fingerprint density at radius 1 is 1.47 bits per heavy atom. The van der Waals surface area contributed by atoms with Crippen LogP contribution in [0.1, 0.15) is 12.5 Å². The van der Waals surface area contributed by atoms with Crippen LogP contribution in [-0.4, -0.2) is 43.5 Å². The van der Waals surface area contributed by atoms with Crippen LogP contribution in [0.25, 0.3) is 0 Å². The summed E-state index contributed by atoms with van der Waals surface area (Å²) in [5, 5.41) is 12.4. The maximum Gasteiger partial charge on any atom is 0.258 e. The lowest BCUT2D eigenvalue weighted by molar-refractivity contribution is -0.124. The van der Waals surface area contributed by atoms with E-state index in [1.165, 1.54) is 7.11 Å². The van der Waals surface area contributed by atoms with Crippen LogP contribution < -0.4 is 10.1 Å². The number of carbonyl (C=O) groups is 1. The Balaban J connectivity index is 2.32. The second-order valence-electron chi connectivity index (χ2n) is 4.81. The van der Waals surface area contributed by atoms with E-state index < -0.39 is 5.60 Å². The van der Waals surface area contributed by atoms with E-state index in [-0.39, 0.29) is 25.7 Å². The smallest absolute Gasteiger partial charge is 0.258 e. The average molecular weight is 267 g/mol. The van der Waals surface area contributed by atoms with Gasteiger partial charge in [-0.05, 0) is 31.5 Å². The van der Waals surface area contributed by atoms with Crippen molar-refractivity contribution in [3.8, 4) is 5.75 Å². The summed E-state index contributed by atoms with van der Waals surface area (Å²) in [7, 11) is 1.50. The zero-order chi connectivity index (χ0) is 14.3. The third-order valence-electron chi connectivity index (χ3n) is 2.48. The molecule has 0 aliphatic carbocycles. The number of hydrogen-bond donors (Lipinski definition) is 2. The number of rotatable bonds is 7.